The first kappa shape index (κ1) is 18.4. The summed E-state index contributed by atoms with van der Waals surface area (Å²) in [6.45, 7) is 1.93. The number of hydrogen-bond acceptors (Lipinski definition) is 4. The van der Waals surface area contributed by atoms with E-state index in [9.17, 15) is 14.4 Å². The molecule has 6 heteroatoms. The molecule has 0 bridgehead atoms. The van der Waals surface area contributed by atoms with Crippen LogP contribution in [0.4, 0.5) is 11.4 Å². The highest BCUT2D eigenvalue weighted by atomic mass is 16.5. The molecule has 0 unspecified atom stereocenters. The number of amides is 3. The van der Waals surface area contributed by atoms with Crippen LogP contribution in [-0.2, 0) is 0 Å². The molecule has 1 aliphatic rings. The van der Waals surface area contributed by atoms with Gasteiger partial charge in [-0.2, -0.15) is 0 Å². The topological polar surface area (TPSA) is 75.7 Å². The fourth-order valence-electron chi connectivity index (χ4n) is 3.25. The predicted molar refractivity (Wildman–Crippen MR) is 110 cm³/mol. The second-order valence-electron chi connectivity index (χ2n) is 6.70. The molecule has 0 spiro atoms. The molecule has 1 aliphatic heterocycles. The molecule has 0 saturated heterocycles. The van der Waals surface area contributed by atoms with Crippen molar-refractivity contribution in [1.29, 1.82) is 0 Å². The first-order valence-corrected chi connectivity index (χ1v) is 9.03. The van der Waals surface area contributed by atoms with Crippen LogP contribution in [0.15, 0.2) is 66.7 Å². The maximum atomic E-state index is 12.9. The smallest absolute Gasteiger partial charge is 0.266 e. The summed E-state index contributed by atoms with van der Waals surface area (Å²) in [6, 6.07) is 18.7. The number of nitrogens with zero attached hydrogens (tertiary/aromatic N) is 1. The molecule has 3 aromatic rings. The molecule has 144 valence electrons. The number of carbonyl (C=O) groups excluding carboxylic acids is 3. The normalized spacial score (nSPS) is 12.7. The van der Waals surface area contributed by atoms with E-state index in [2.05, 4.69) is 5.32 Å². The second kappa shape index (κ2) is 7.24. The number of nitrogens with one attached hydrogen (secondary N) is 1. The molecular formula is C23H18N2O4. The molecule has 3 aromatic carbocycles. The number of ether oxygens (including phenoxy) is 1. The van der Waals surface area contributed by atoms with Gasteiger partial charge >= 0.3 is 0 Å². The standard InChI is InChI=1S/C23H18N2O4/c1-14-7-10-16(11-8-14)25-22(27)17-12-9-15(13-18(17)23(25)28)21(26)24-19-5-3-4-6-20(19)29-2/h3-13H,1-2H3,(H,24,26). The van der Waals surface area contributed by atoms with Crippen molar-refractivity contribution in [3.05, 3.63) is 89.0 Å². The lowest BCUT2D eigenvalue weighted by atomic mass is 10.1. The van der Waals surface area contributed by atoms with Gasteiger partial charge in [-0.1, -0.05) is 29.8 Å². The Hall–Kier alpha value is -3.93. The van der Waals surface area contributed by atoms with Crippen LogP contribution >= 0.6 is 0 Å². The van der Waals surface area contributed by atoms with E-state index in [0.29, 0.717) is 17.1 Å². The van der Waals surface area contributed by atoms with Crippen LogP contribution in [0.25, 0.3) is 0 Å². The summed E-state index contributed by atoms with van der Waals surface area (Å²) in [6.07, 6.45) is 0. The third kappa shape index (κ3) is 3.25. The van der Waals surface area contributed by atoms with Crippen molar-refractivity contribution in [2.75, 3.05) is 17.3 Å². The monoisotopic (exact) mass is 386 g/mol. The lowest BCUT2D eigenvalue weighted by Gasteiger charge is -2.13. The molecule has 0 radical (unpaired) electrons. The third-order valence-corrected chi connectivity index (χ3v) is 4.80. The van der Waals surface area contributed by atoms with Crippen molar-refractivity contribution in [2.45, 2.75) is 6.92 Å². The maximum Gasteiger partial charge on any atom is 0.266 e. The molecule has 3 amide bonds. The quantitative estimate of drug-likeness (QED) is 0.686. The number of benzene rings is 3. The van der Waals surface area contributed by atoms with E-state index >= 15 is 0 Å². The average molecular weight is 386 g/mol. The van der Waals surface area contributed by atoms with Gasteiger partial charge in [0.2, 0.25) is 0 Å². The number of fused-ring (bicyclic) bond motifs is 1. The Bertz CT molecular complexity index is 1140. The lowest BCUT2D eigenvalue weighted by molar-refractivity contribution is 0.0925. The summed E-state index contributed by atoms with van der Waals surface area (Å²) >= 11 is 0. The molecule has 0 aliphatic carbocycles. The number of anilines is 2. The highest BCUT2D eigenvalue weighted by molar-refractivity contribution is 6.34. The van der Waals surface area contributed by atoms with Crippen molar-refractivity contribution < 1.29 is 19.1 Å². The summed E-state index contributed by atoms with van der Waals surface area (Å²) in [5.74, 6) is -0.712. The van der Waals surface area contributed by atoms with Crippen molar-refractivity contribution in [2.24, 2.45) is 0 Å². The average Bonchev–Trinajstić information content (AvgIpc) is 2.99. The minimum Gasteiger partial charge on any atom is -0.495 e. The van der Waals surface area contributed by atoms with Gasteiger partial charge in [0.05, 0.1) is 29.6 Å². The number of para-hydroxylation sites is 2. The van der Waals surface area contributed by atoms with E-state index in [-0.39, 0.29) is 16.7 Å². The zero-order valence-corrected chi connectivity index (χ0v) is 15.9. The van der Waals surface area contributed by atoms with Gasteiger partial charge in [-0.05, 0) is 49.4 Å². The molecule has 4 rings (SSSR count). The Morgan fingerprint density at radius 1 is 0.897 bits per heavy atom. The molecular weight excluding hydrogens is 368 g/mol. The van der Waals surface area contributed by atoms with E-state index < -0.39 is 17.7 Å². The Labute approximate surface area is 167 Å². The van der Waals surface area contributed by atoms with Crippen molar-refractivity contribution in [3.63, 3.8) is 0 Å². The molecule has 0 fully saturated rings. The SMILES string of the molecule is COc1ccccc1NC(=O)c1ccc2c(c1)C(=O)N(c1ccc(C)cc1)C2=O. The minimum absolute atomic E-state index is 0.211. The minimum atomic E-state index is -0.444. The van der Waals surface area contributed by atoms with Crippen LogP contribution in [0.2, 0.25) is 0 Å². The zero-order chi connectivity index (χ0) is 20.5. The number of methoxy groups -OCH3 is 1. The summed E-state index contributed by atoms with van der Waals surface area (Å²) in [5, 5.41) is 2.77. The van der Waals surface area contributed by atoms with E-state index in [0.717, 1.165) is 10.5 Å². The molecule has 1 N–H and O–H groups in total. The highest BCUT2D eigenvalue weighted by Gasteiger charge is 2.37. The van der Waals surface area contributed by atoms with E-state index in [1.54, 1.807) is 36.4 Å². The van der Waals surface area contributed by atoms with Gasteiger partial charge in [0, 0.05) is 5.56 Å². The van der Waals surface area contributed by atoms with Crippen LogP contribution in [-0.4, -0.2) is 24.8 Å². The number of rotatable bonds is 4. The number of carbonyl (C=O) groups is 3. The number of hydrogen-bond donors (Lipinski definition) is 1. The Morgan fingerprint density at radius 3 is 2.31 bits per heavy atom. The predicted octanol–water partition coefficient (Wildman–Crippen LogP) is 4.06. The fourth-order valence-corrected chi connectivity index (χ4v) is 3.25. The molecule has 1 heterocycles. The van der Waals surface area contributed by atoms with Crippen molar-refractivity contribution >= 4 is 29.1 Å². The van der Waals surface area contributed by atoms with Gasteiger partial charge in [0.25, 0.3) is 17.7 Å². The van der Waals surface area contributed by atoms with Gasteiger partial charge in [0.1, 0.15) is 5.75 Å². The zero-order valence-electron chi connectivity index (χ0n) is 15.9. The largest absolute Gasteiger partial charge is 0.495 e. The van der Waals surface area contributed by atoms with Crippen LogP contribution in [0.1, 0.15) is 36.6 Å². The Kier molecular flexibility index (Phi) is 4.60. The van der Waals surface area contributed by atoms with Crippen LogP contribution in [0.5, 0.6) is 5.75 Å². The molecule has 29 heavy (non-hydrogen) atoms. The van der Waals surface area contributed by atoms with E-state index in [1.807, 2.05) is 19.1 Å². The number of aryl methyl sites for hydroxylation is 1. The van der Waals surface area contributed by atoms with Crippen molar-refractivity contribution in [3.8, 4) is 5.75 Å². The maximum absolute atomic E-state index is 12.9. The van der Waals surface area contributed by atoms with Gasteiger partial charge < -0.3 is 10.1 Å². The van der Waals surface area contributed by atoms with Gasteiger partial charge in [0.15, 0.2) is 0 Å². The first-order valence-electron chi connectivity index (χ1n) is 9.03. The molecule has 0 aromatic heterocycles. The molecule has 6 nitrogen and oxygen atoms in total. The van der Waals surface area contributed by atoms with Crippen LogP contribution in [0, 0.1) is 6.92 Å². The summed E-state index contributed by atoms with van der Waals surface area (Å²) in [5.41, 5.74) is 2.82. The first-order chi connectivity index (χ1) is 14.0. The number of imide groups is 1. The van der Waals surface area contributed by atoms with E-state index in [4.69, 9.17) is 4.74 Å². The van der Waals surface area contributed by atoms with Crippen LogP contribution in [0.3, 0.4) is 0 Å². The summed E-state index contributed by atoms with van der Waals surface area (Å²) in [4.78, 5) is 39.4. The van der Waals surface area contributed by atoms with Crippen molar-refractivity contribution in [1.82, 2.24) is 0 Å². The highest BCUT2D eigenvalue weighted by Crippen LogP contribution is 2.30. The second-order valence-corrected chi connectivity index (χ2v) is 6.70. The summed E-state index contributed by atoms with van der Waals surface area (Å²) < 4.78 is 5.24. The van der Waals surface area contributed by atoms with E-state index in [1.165, 1.54) is 25.3 Å². The van der Waals surface area contributed by atoms with Crippen LogP contribution < -0.4 is 15.0 Å². The lowest BCUT2D eigenvalue weighted by Crippen LogP contribution is -2.29. The van der Waals surface area contributed by atoms with Gasteiger partial charge in [-0.15, -0.1) is 0 Å². The molecule has 0 atom stereocenters. The van der Waals surface area contributed by atoms with Gasteiger partial charge in [-0.25, -0.2) is 4.90 Å². The Morgan fingerprint density at radius 2 is 1.59 bits per heavy atom. The Balaban J connectivity index is 1.63. The van der Waals surface area contributed by atoms with Gasteiger partial charge in [-0.3, -0.25) is 14.4 Å². The third-order valence-electron chi connectivity index (χ3n) is 4.80. The summed E-state index contributed by atoms with van der Waals surface area (Å²) in [7, 11) is 1.52. The fraction of sp³-hybridized carbons (Fsp3) is 0.0870. The molecule has 0 saturated carbocycles.